The highest BCUT2D eigenvalue weighted by Crippen LogP contribution is 2.56. The lowest BCUT2D eigenvalue weighted by atomic mass is 9.71. The Labute approximate surface area is 114 Å². The summed E-state index contributed by atoms with van der Waals surface area (Å²) >= 11 is 0. The molecule has 0 amide bonds. The summed E-state index contributed by atoms with van der Waals surface area (Å²) in [7, 11) is 0. The van der Waals surface area contributed by atoms with Gasteiger partial charge in [-0.2, -0.15) is 10.2 Å². The normalized spacial score (nSPS) is 39.3. The van der Waals surface area contributed by atoms with Crippen molar-refractivity contribution in [2.24, 2.45) is 39.8 Å². The van der Waals surface area contributed by atoms with Gasteiger partial charge in [-0.25, -0.2) is 0 Å². The largest absolute Gasteiger partial charge is 0.163 e. The molecule has 2 aliphatic carbocycles. The molecule has 2 bridgehead atoms. The SMILES string of the molecule is Cc1ccc(C2=NN=CC3C4CC(C)C(C4)C23)cc1. The fraction of sp³-hybridized carbons (Fsp3) is 0.529. The molecule has 5 atom stereocenters. The second-order valence-corrected chi connectivity index (χ2v) is 6.59. The molecule has 1 aromatic carbocycles. The van der Waals surface area contributed by atoms with Crippen LogP contribution in [0.2, 0.25) is 0 Å². The molecule has 0 N–H and O–H groups in total. The average Bonchev–Trinajstić information content (AvgIpc) is 2.97. The molecule has 0 saturated heterocycles. The van der Waals surface area contributed by atoms with Crippen molar-refractivity contribution in [2.75, 3.05) is 0 Å². The fourth-order valence-electron chi connectivity index (χ4n) is 4.54. The van der Waals surface area contributed by atoms with Crippen molar-refractivity contribution in [1.29, 1.82) is 0 Å². The van der Waals surface area contributed by atoms with Crippen LogP contribution in [0.4, 0.5) is 0 Å². The first-order valence-electron chi connectivity index (χ1n) is 7.42. The van der Waals surface area contributed by atoms with Gasteiger partial charge in [-0.05, 0) is 43.1 Å². The van der Waals surface area contributed by atoms with Crippen LogP contribution in [0, 0.1) is 36.5 Å². The predicted molar refractivity (Wildman–Crippen MR) is 78.6 cm³/mol. The van der Waals surface area contributed by atoms with Crippen molar-refractivity contribution in [3.63, 3.8) is 0 Å². The smallest absolute Gasteiger partial charge is 0.0742 e. The van der Waals surface area contributed by atoms with Gasteiger partial charge in [0, 0.05) is 18.1 Å². The van der Waals surface area contributed by atoms with E-state index in [0.29, 0.717) is 11.8 Å². The van der Waals surface area contributed by atoms with Crippen molar-refractivity contribution in [2.45, 2.75) is 26.7 Å². The van der Waals surface area contributed by atoms with E-state index >= 15 is 0 Å². The first-order chi connectivity index (χ1) is 9.24. The molecule has 19 heavy (non-hydrogen) atoms. The highest BCUT2D eigenvalue weighted by atomic mass is 15.2. The van der Waals surface area contributed by atoms with Crippen molar-refractivity contribution in [3.8, 4) is 0 Å². The minimum Gasteiger partial charge on any atom is -0.163 e. The molecule has 2 heteroatoms. The first kappa shape index (κ1) is 11.4. The van der Waals surface area contributed by atoms with Gasteiger partial charge in [-0.3, -0.25) is 0 Å². The summed E-state index contributed by atoms with van der Waals surface area (Å²) in [5.74, 6) is 3.80. The molecule has 1 aromatic rings. The Morgan fingerprint density at radius 1 is 1.11 bits per heavy atom. The molecule has 1 aliphatic heterocycles. The highest BCUT2D eigenvalue weighted by molar-refractivity contribution is 6.05. The molecule has 2 saturated carbocycles. The minimum atomic E-state index is 0.619. The molecule has 0 radical (unpaired) electrons. The standard InChI is InChI=1S/C17H20N2/c1-10-3-5-12(6-4-10)17-16-14-8-13(7-11(14)2)15(16)9-18-19-17/h3-6,9,11,13-16H,7-8H2,1-2H3. The zero-order valence-electron chi connectivity index (χ0n) is 11.6. The van der Waals surface area contributed by atoms with Crippen LogP contribution in [0.15, 0.2) is 34.5 Å². The van der Waals surface area contributed by atoms with Crippen LogP contribution in [0.3, 0.4) is 0 Å². The molecule has 2 nitrogen and oxygen atoms in total. The molecule has 1 heterocycles. The Bertz CT molecular complexity index is 555. The van der Waals surface area contributed by atoms with Crippen LogP contribution in [0.25, 0.3) is 0 Å². The molecule has 5 unspecified atom stereocenters. The van der Waals surface area contributed by atoms with Crippen molar-refractivity contribution >= 4 is 11.9 Å². The molecule has 4 rings (SSSR count). The summed E-state index contributed by atoms with van der Waals surface area (Å²) in [4.78, 5) is 0. The van der Waals surface area contributed by atoms with E-state index in [1.807, 2.05) is 0 Å². The van der Waals surface area contributed by atoms with Crippen LogP contribution in [0.5, 0.6) is 0 Å². The first-order valence-corrected chi connectivity index (χ1v) is 7.42. The number of benzene rings is 1. The Morgan fingerprint density at radius 3 is 2.68 bits per heavy atom. The third-order valence-corrected chi connectivity index (χ3v) is 5.47. The quantitative estimate of drug-likeness (QED) is 0.728. The fourth-order valence-corrected chi connectivity index (χ4v) is 4.54. The van der Waals surface area contributed by atoms with E-state index in [1.165, 1.54) is 29.7 Å². The van der Waals surface area contributed by atoms with Crippen molar-refractivity contribution < 1.29 is 0 Å². The summed E-state index contributed by atoms with van der Waals surface area (Å²) in [6.45, 7) is 4.55. The van der Waals surface area contributed by atoms with Gasteiger partial charge in [0.05, 0.1) is 5.71 Å². The van der Waals surface area contributed by atoms with Gasteiger partial charge in [0.15, 0.2) is 0 Å². The second-order valence-electron chi connectivity index (χ2n) is 6.59. The monoisotopic (exact) mass is 252 g/mol. The number of hydrogen-bond acceptors (Lipinski definition) is 2. The lowest BCUT2D eigenvalue weighted by molar-refractivity contribution is 0.274. The molecule has 0 spiro atoms. The van der Waals surface area contributed by atoms with E-state index in [4.69, 9.17) is 0 Å². The summed E-state index contributed by atoms with van der Waals surface area (Å²) in [5.41, 5.74) is 3.82. The third-order valence-electron chi connectivity index (χ3n) is 5.47. The van der Waals surface area contributed by atoms with Gasteiger partial charge < -0.3 is 0 Å². The second kappa shape index (κ2) is 4.03. The summed E-state index contributed by atoms with van der Waals surface area (Å²) < 4.78 is 0. The summed E-state index contributed by atoms with van der Waals surface area (Å²) in [6, 6.07) is 8.79. The van der Waals surface area contributed by atoms with E-state index in [0.717, 1.165) is 17.8 Å². The third kappa shape index (κ3) is 1.62. The van der Waals surface area contributed by atoms with E-state index < -0.39 is 0 Å². The number of rotatable bonds is 1. The van der Waals surface area contributed by atoms with Crippen LogP contribution >= 0.6 is 0 Å². The molecule has 2 fully saturated rings. The van der Waals surface area contributed by atoms with Crippen LogP contribution in [-0.4, -0.2) is 11.9 Å². The van der Waals surface area contributed by atoms with Crippen molar-refractivity contribution in [3.05, 3.63) is 35.4 Å². The van der Waals surface area contributed by atoms with Gasteiger partial charge in [0.2, 0.25) is 0 Å². The van der Waals surface area contributed by atoms with Gasteiger partial charge >= 0.3 is 0 Å². The maximum absolute atomic E-state index is 4.51. The zero-order chi connectivity index (χ0) is 13.0. The summed E-state index contributed by atoms with van der Waals surface area (Å²) in [6.07, 6.45) is 4.89. The van der Waals surface area contributed by atoms with Crippen molar-refractivity contribution in [1.82, 2.24) is 0 Å². The Morgan fingerprint density at radius 2 is 1.89 bits per heavy atom. The zero-order valence-corrected chi connectivity index (χ0v) is 11.6. The van der Waals surface area contributed by atoms with Gasteiger partial charge in [-0.1, -0.05) is 36.8 Å². The van der Waals surface area contributed by atoms with Crippen LogP contribution in [-0.2, 0) is 0 Å². The lowest BCUT2D eigenvalue weighted by Crippen LogP contribution is -2.36. The van der Waals surface area contributed by atoms with Gasteiger partial charge in [-0.15, -0.1) is 0 Å². The number of aryl methyl sites for hydroxylation is 1. The molecule has 98 valence electrons. The number of hydrogen-bond donors (Lipinski definition) is 0. The minimum absolute atomic E-state index is 0.619. The maximum Gasteiger partial charge on any atom is 0.0742 e. The predicted octanol–water partition coefficient (Wildman–Crippen LogP) is 3.69. The van der Waals surface area contributed by atoms with E-state index in [-0.39, 0.29) is 0 Å². The van der Waals surface area contributed by atoms with E-state index in [1.54, 1.807) is 0 Å². The average molecular weight is 252 g/mol. The van der Waals surface area contributed by atoms with Crippen LogP contribution < -0.4 is 0 Å². The molecular formula is C17H20N2. The molecule has 0 aromatic heterocycles. The Hall–Kier alpha value is -1.44. The highest BCUT2D eigenvalue weighted by Gasteiger charge is 2.53. The topological polar surface area (TPSA) is 24.7 Å². The maximum atomic E-state index is 4.51. The van der Waals surface area contributed by atoms with Crippen LogP contribution in [0.1, 0.15) is 30.9 Å². The lowest BCUT2D eigenvalue weighted by Gasteiger charge is -2.34. The van der Waals surface area contributed by atoms with E-state index in [2.05, 4.69) is 54.5 Å². The summed E-state index contributed by atoms with van der Waals surface area (Å²) in [5, 5.41) is 8.82. The van der Waals surface area contributed by atoms with Gasteiger partial charge in [0.1, 0.15) is 0 Å². The molecule has 3 aliphatic rings. The Kier molecular flexibility index (Phi) is 2.41. The Balaban J connectivity index is 1.74. The number of nitrogens with zero attached hydrogens (tertiary/aromatic N) is 2. The number of fused-ring (bicyclic) bond motifs is 5. The van der Waals surface area contributed by atoms with E-state index in [9.17, 15) is 0 Å². The van der Waals surface area contributed by atoms with Gasteiger partial charge in [0.25, 0.3) is 0 Å². The molecular weight excluding hydrogens is 232 g/mol.